The highest BCUT2D eigenvalue weighted by Crippen LogP contribution is 1.50. The molecule has 0 saturated heterocycles. The molecule has 0 bridgehead atoms. The normalized spacial score (nSPS) is 5.33. The number of carbonyl (C=O) groups excluding carboxylic acids is 1. The van der Waals surface area contributed by atoms with Crippen LogP contribution in [-0.2, 0) is 4.79 Å². The Bertz CT molecular complexity index is 30.5. The van der Waals surface area contributed by atoms with E-state index in [9.17, 15) is 4.79 Å². The van der Waals surface area contributed by atoms with Gasteiger partial charge in [-0.05, 0) is 19.7 Å². The zero-order valence-electron chi connectivity index (χ0n) is 4.29. The van der Waals surface area contributed by atoms with E-state index in [1.165, 1.54) is 13.8 Å². The van der Waals surface area contributed by atoms with E-state index in [1.807, 2.05) is 5.83 Å². The maximum atomic E-state index is 9.44. The molecule has 0 aliphatic carbocycles. The van der Waals surface area contributed by atoms with Gasteiger partial charge in [-0.25, -0.2) is 0 Å². The van der Waals surface area contributed by atoms with Crippen molar-refractivity contribution in [3.05, 3.63) is 0 Å². The lowest BCUT2D eigenvalue weighted by Crippen LogP contribution is -1.69. The van der Waals surface area contributed by atoms with Gasteiger partial charge in [0, 0.05) is 0 Å². The summed E-state index contributed by atoms with van der Waals surface area (Å²) in [5.41, 5.74) is 0. The van der Waals surface area contributed by atoms with Gasteiger partial charge in [-0.2, -0.15) is 0 Å². The molecule has 1 nitrogen and oxygen atoms in total. The van der Waals surface area contributed by atoms with Crippen LogP contribution in [0.5, 0.6) is 0 Å². The Morgan fingerprint density at radius 1 is 1.33 bits per heavy atom. The van der Waals surface area contributed by atoms with E-state index < -0.39 is 0 Å². The number of rotatable bonds is 0. The summed E-state index contributed by atoms with van der Waals surface area (Å²) in [5.74, 6) is 1.98. The topological polar surface area (TPSA) is 17.1 Å². The number of alkyl halides is 1. The maximum absolute atomic E-state index is 9.44. The van der Waals surface area contributed by atoms with Crippen molar-refractivity contribution >= 4 is 21.7 Å². The number of halogens is 1. The monoisotopic (exact) mass is 152 g/mol. The van der Waals surface area contributed by atoms with Crippen molar-refractivity contribution in [2.24, 2.45) is 0 Å². The third kappa shape index (κ3) is 1830. The summed E-state index contributed by atoms with van der Waals surface area (Å²) < 4.78 is 0. The van der Waals surface area contributed by atoms with Gasteiger partial charge in [0.1, 0.15) is 5.78 Å². The van der Waals surface area contributed by atoms with Crippen LogP contribution >= 0.6 is 15.9 Å². The van der Waals surface area contributed by atoms with Crippen molar-refractivity contribution in [2.75, 3.05) is 5.83 Å². The quantitative estimate of drug-likeness (QED) is 0.483. The molecule has 0 fully saturated rings. The number of carbonyl (C=O) groups is 1. The van der Waals surface area contributed by atoms with E-state index in [0.29, 0.717) is 0 Å². The molecule has 0 aromatic carbocycles. The first-order valence-electron chi connectivity index (χ1n) is 1.58. The van der Waals surface area contributed by atoms with Crippen LogP contribution < -0.4 is 0 Å². The molecule has 0 aliphatic heterocycles. The van der Waals surface area contributed by atoms with Gasteiger partial charge in [0.25, 0.3) is 0 Å². The highest BCUT2D eigenvalue weighted by molar-refractivity contribution is 9.08. The molecule has 2 heteroatoms. The van der Waals surface area contributed by atoms with Gasteiger partial charge < -0.3 is 4.79 Å². The Balaban J connectivity index is 0. The van der Waals surface area contributed by atoms with Gasteiger partial charge in [-0.15, -0.1) is 0 Å². The molecule has 0 N–H and O–H groups in total. The van der Waals surface area contributed by atoms with Crippen LogP contribution in [0.2, 0.25) is 0 Å². The molecule has 6 heavy (non-hydrogen) atoms. The van der Waals surface area contributed by atoms with E-state index in [0.717, 1.165) is 0 Å². The molecule has 0 unspecified atom stereocenters. The summed E-state index contributed by atoms with van der Waals surface area (Å²) in [5, 5.41) is 0. The predicted octanol–water partition coefficient (Wildman–Crippen LogP) is 1.61. The summed E-state index contributed by atoms with van der Waals surface area (Å²) >= 11 is 2.94. The number of hydrogen-bond acceptors (Lipinski definition) is 1. The number of Topliss-reactive ketones (excluding diaryl/α,β-unsaturated/α-hetero) is 1. The molecule has 0 spiro atoms. The van der Waals surface area contributed by atoms with Crippen molar-refractivity contribution in [2.45, 2.75) is 13.8 Å². The Kier molecular flexibility index (Phi) is 14.1. The van der Waals surface area contributed by atoms with Crippen LogP contribution in [0.4, 0.5) is 0 Å². The fraction of sp³-hybridized carbons (Fsp3) is 0.750. The summed E-state index contributed by atoms with van der Waals surface area (Å²) in [6, 6.07) is 0. The third-order valence-electron chi connectivity index (χ3n) is 0. The third-order valence-corrected chi connectivity index (χ3v) is 0. The van der Waals surface area contributed by atoms with E-state index in [-0.39, 0.29) is 5.78 Å². The summed E-state index contributed by atoms with van der Waals surface area (Å²) in [7, 11) is 0. The Hall–Kier alpha value is 0.150. The van der Waals surface area contributed by atoms with Crippen LogP contribution in [0.3, 0.4) is 0 Å². The van der Waals surface area contributed by atoms with E-state index >= 15 is 0 Å². The van der Waals surface area contributed by atoms with Crippen LogP contribution in [0.25, 0.3) is 0 Å². The van der Waals surface area contributed by atoms with Crippen molar-refractivity contribution in [1.82, 2.24) is 0 Å². The minimum absolute atomic E-state index is 0.167. The average Bonchev–Trinajstić information content (AvgIpc) is 1.41. The fourth-order valence-electron chi connectivity index (χ4n) is 0. The number of hydrogen-bond donors (Lipinski definition) is 0. The van der Waals surface area contributed by atoms with Gasteiger partial charge in [-0.3, -0.25) is 0 Å². The second-order valence-corrected chi connectivity index (χ2v) is 0.908. The van der Waals surface area contributed by atoms with Gasteiger partial charge in [0.15, 0.2) is 0 Å². The van der Waals surface area contributed by atoms with Crippen molar-refractivity contribution in [3.63, 3.8) is 0 Å². The van der Waals surface area contributed by atoms with Gasteiger partial charge in [-0.1, -0.05) is 15.9 Å². The summed E-state index contributed by atoms with van der Waals surface area (Å²) in [6.45, 7) is 3.06. The summed E-state index contributed by atoms with van der Waals surface area (Å²) in [4.78, 5) is 9.44. The Morgan fingerprint density at radius 2 is 1.33 bits per heavy atom. The molecule has 0 heterocycles. The SMILES string of the molecule is CBr.CC(C)=O. The molecule has 0 atom stereocenters. The van der Waals surface area contributed by atoms with Crippen LogP contribution in [0, 0.1) is 0 Å². The van der Waals surface area contributed by atoms with Crippen molar-refractivity contribution in [3.8, 4) is 0 Å². The molecule has 0 amide bonds. The Labute approximate surface area is 46.9 Å². The predicted molar refractivity (Wildman–Crippen MR) is 31.2 cm³/mol. The molecular weight excluding hydrogens is 144 g/mol. The molecule has 0 aliphatic rings. The smallest absolute Gasteiger partial charge is 0.126 e. The fourth-order valence-corrected chi connectivity index (χ4v) is 0. The average molecular weight is 153 g/mol. The first kappa shape index (κ1) is 9.47. The van der Waals surface area contributed by atoms with E-state index in [1.54, 1.807) is 0 Å². The zero-order valence-corrected chi connectivity index (χ0v) is 5.87. The van der Waals surface area contributed by atoms with Gasteiger partial charge in [0.2, 0.25) is 0 Å². The molecule has 0 aromatic rings. The van der Waals surface area contributed by atoms with Crippen LogP contribution in [0.1, 0.15) is 13.8 Å². The van der Waals surface area contributed by atoms with Crippen molar-refractivity contribution in [1.29, 1.82) is 0 Å². The lowest BCUT2D eigenvalue weighted by atomic mass is 10.6. The molecule has 0 rings (SSSR count). The first-order chi connectivity index (χ1) is 2.73. The van der Waals surface area contributed by atoms with Gasteiger partial charge >= 0.3 is 0 Å². The maximum Gasteiger partial charge on any atom is 0.126 e. The second kappa shape index (κ2) is 8.94. The molecule has 0 saturated carbocycles. The molecule has 0 radical (unpaired) electrons. The van der Waals surface area contributed by atoms with E-state index in [2.05, 4.69) is 15.9 Å². The highest BCUT2D eigenvalue weighted by atomic mass is 79.9. The Morgan fingerprint density at radius 3 is 1.33 bits per heavy atom. The minimum Gasteiger partial charge on any atom is -0.300 e. The molecule has 0 aromatic heterocycles. The zero-order chi connectivity index (χ0) is 5.58. The summed E-state index contributed by atoms with van der Waals surface area (Å²) in [6.07, 6.45) is 0. The second-order valence-electron chi connectivity index (χ2n) is 0.908. The minimum atomic E-state index is 0.167. The van der Waals surface area contributed by atoms with Gasteiger partial charge in [0.05, 0.1) is 0 Å². The highest BCUT2D eigenvalue weighted by Gasteiger charge is 1.62. The lowest BCUT2D eigenvalue weighted by molar-refractivity contribution is -0.114. The first-order valence-corrected chi connectivity index (χ1v) is 3.17. The molecule has 38 valence electrons. The number of ketones is 1. The lowest BCUT2D eigenvalue weighted by Gasteiger charge is -1.56. The largest absolute Gasteiger partial charge is 0.300 e. The van der Waals surface area contributed by atoms with Crippen molar-refractivity contribution < 1.29 is 4.79 Å². The standard InChI is InChI=1S/C3H6O.CH3Br/c1-3(2)4;1-2/h1-2H3;1H3. The van der Waals surface area contributed by atoms with Crippen LogP contribution in [0.15, 0.2) is 0 Å². The molecular formula is C4H9BrO. The van der Waals surface area contributed by atoms with Crippen LogP contribution in [-0.4, -0.2) is 11.6 Å². The van der Waals surface area contributed by atoms with E-state index in [4.69, 9.17) is 0 Å².